The second kappa shape index (κ2) is 5.86. The molecular formula is C13H28N2. The summed E-state index contributed by atoms with van der Waals surface area (Å²) in [5.41, 5.74) is 0.536. The molecule has 0 aromatic carbocycles. The lowest BCUT2D eigenvalue weighted by atomic mass is 9.80. The van der Waals surface area contributed by atoms with E-state index in [1.165, 1.54) is 45.3 Å². The molecule has 1 aliphatic rings. The summed E-state index contributed by atoms with van der Waals surface area (Å²) in [7, 11) is 2.23. The van der Waals surface area contributed by atoms with E-state index in [0.29, 0.717) is 11.5 Å². The van der Waals surface area contributed by atoms with Crippen LogP contribution >= 0.6 is 0 Å². The maximum atomic E-state index is 3.69. The van der Waals surface area contributed by atoms with Gasteiger partial charge in [0.1, 0.15) is 0 Å². The standard InChI is InChI=1S/C13H28N2/c1-5-6-12(2)14-11-13(3)7-9-15(4)10-8-13/h12,14H,5-11H2,1-4H3. The fourth-order valence-corrected chi connectivity index (χ4v) is 2.29. The molecule has 0 aromatic heterocycles. The molecule has 1 rings (SSSR count). The van der Waals surface area contributed by atoms with Crippen LogP contribution in [0.25, 0.3) is 0 Å². The summed E-state index contributed by atoms with van der Waals surface area (Å²) in [4.78, 5) is 2.44. The summed E-state index contributed by atoms with van der Waals surface area (Å²) >= 11 is 0. The molecule has 90 valence electrons. The van der Waals surface area contributed by atoms with Crippen LogP contribution in [0.15, 0.2) is 0 Å². The van der Waals surface area contributed by atoms with Crippen molar-refractivity contribution < 1.29 is 0 Å². The van der Waals surface area contributed by atoms with Crippen LogP contribution in [0, 0.1) is 5.41 Å². The quantitative estimate of drug-likeness (QED) is 0.753. The molecule has 0 radical (unpaired) electrons. The molecule has 2 nitrogen and oxygen atoms in total. The molecule has 1 saturated heterocycles. The summed E-state index contributed by atoms with van der Waals surface area (Å²) in [6.45, 7) is 10.7. The number of hydrogen-bond acceptors (Lipinski definition) is 2. The van der Waals surface area contributed by atoms with Gasteiger partial charge in [-0.3, -0.25) is 0 Å². The predicted octanol–water partition coefficient (Wildman–Crippen LogP) is 2.50. The first-order valence-electron chi connectivity index (χ1n) is 6.48. The van der Waals surface area contributed by atoms with E-state index in [2.05, 4.69) is 38.0 Å². The molecule has 1 atom stereocenters. The van der Waals surface area contributed by atoms with Crippen molar-refractivity contribution in [1.29, 1.82) is 0 Å². The van der Waals surface area contributed by atoms with Gasteiger partial charge in [0.25, 0.3) is 0 Å². The molecule has 0 amide bonds. The smallest absolute Gasteiger partial charge is 0.00388 e. The van der Waals surface area contributed by atoms with Crippen molar-refractivity contribution in [2.75, 3.05) is 26.7 Å². The van der Waals surface area contributed by atoms with Crippen molar-refractivity contribution in [1.82, 2.24) is 10.2 Å². The van der Waals surface area contributed by atoms with Crippen LogP contribution in [0.5, 0.6) is 0 Å². The van der Waals surface area contributed by atoms with E-state index in [4.69, 9.17) is 0 Å². The van der Waals surface area contributed by atoms with Gasteiger partial charge < -0.3 is 10.2 Å². The van der Waals surface area contributed by atoms with Gasteiger partial charge in [-0.05, 0) is 51.7 Å². The van der Waals surface area contributed by atoms with Crippen LogP contribution in [0.1, 0.15) is 46.5 Å². The maximum absolute atomic E-state index is 3.69. The molecule has 1 unspecified atom stereocenters. The van der Waals surface area contributed by atoms with E-state index < -0.39 is 0 Å². The molecular weight excluding hydrogens is 184 g/mol. The van der Waals surface area contributed by atoms with Crippen molar-refractivity contribution >= 4 is 0 Å². The van der Waals surface area contributed by atoms with Crippen LogP contribution in [0.4, 0.5) is 0 Å². The second-order valence-electron chi connectivity index (χ2n) is 5.68. The lowest BCUT2D eigenvalue weighted by Crippen LogP contribution is -2.44. The van der Waals surface area contributed by atoms with Gasteiger partial charge >= 0.3 is 0 Å². The van der Waals surface area contributed by atoms with E-state index in [0.717, 1.165) is 0 Å². The lowest BCUT2D eigenvalue weighted by Gasteiger charge is -2.38. The normalized spacial score (nSPS) is 24.0. The van der Waals surface area contributed by atoms with Gasteiger partial charge in [0.15, 0.2) is 0 Å². The zero-order valence-corrected chi connectivity index (χ0v) is 11.0. The molecule has 15 heavy (non-hydrogen) atoms. The highest BCUT2D eigenvalue weighted by Gasteiger charge is 2.28. The Morgan fingerprint density at radius 3 is 2.47 bits per heavy atom. The summed E-state index contributed by atoms with van der Waals surface area (Å²) < 4.78 is 0. The number of nitrogens with zero attached hydrogens (tertiary/aromatic N) is 1. The van der Waals surface area contributed by atoms with Gasteiger partial charge in [-0.15, -0.1) is 0 Å². The Morgan fingerprint density at radius 2 is 1.93 bits per heavy atom. The van der Waals surface area contributed by atoms with Crippen LogP contribution < -0.4 is 5.32 Å². The Kier molecular flexibility index (Phi) is 5.07. The van der Waals surface area contributed by atoms with E-state index in [9.17, 15) is 0 Å². The highest BCUT2D eigenvalue weighted by molar-refractivity contribution is 4.83. The van der Waals surface area contributed by atoms with E-state index in [1.54, 1.807) is 0 Å². The molecule has 1 aliphatic heterocycles. The molecule has 0 spiro atoms. The highest BCUT2D eigenvalue weighted by atomic mass is 15.1. The van der Waals surface area contributed by atoms with Gasteiger partial charge in [0, 0.05) is 12.6 Å². The fraction of sp³-hybridized carbons (Fsp3) is 1.00. The Balaban J connectivity index is 2.24. The highest BCUT2D eigenvalue weighted by Crippen LogP contribution is 2.29. The number of piperidine rings is 1. The summed E-state index contributed by atoms with van der Waals surface area (Å²) in [5, 5.41) is 3.69. The van der Waals surface area contributed by atoms with Gasteiger partial charge in [-0.1, -0.05) is 20.3 Å². The van der Waals surface area contributed by atoms with Crippen LogP contribution in [0.2, 0.25) is 0 Å². The Hall–Kier alpha value is -0.0800. The average molecular weight is 212 g/mol. The minimum absolute atomic E-state index is 0.536. The minimum Gasteiger partial charge on any atom is -0.314 e. The number of hydrogen-bond donors (Lipinski definition) is 1. The van der Waals surface area contributed by atoms with Crippen molar-refractivity contribution in [3.63, 3.8) is 0 Å². The summed E-state index contributed by atoms with van der Waals surface area (Å²) in [6, 6.07) is 0.687. The van der Waals surface area contributed by atoms with Gasteiger partial charge in [0.2, 0.25) is 0 Å². The van der Waals surface area contributed by atoms with Crippen molar-refractivity contribution in [3.05, 3.63) is 0 Å². The van der Waals surface area contributed by atoms with E-state index in [1.807, 2.05) is 0 Å². The molecule has 1 heterocycles. The zero-order valence-electron chi connectivity index (χ0n) is 11.0. The van der Waals surface area contributed by atoms with Gasteiger partial charge in [-0.25, -0.2) is 0 Å². The minimum atomic E-state index is 0.536. The van der Waals surface area contributed by atoms with Crippen molar-refractivity contribution in [2.45, 2.75) is 52.5 Å². The van der Waals surface area contributed by atoms with Crippen molar-refractivity contribution in [3.8, 4) is 0 Å². The molecule has 1 N–H and O–H groups in total. The molecule has 0 saturated carbocycles. The third-order valence-electron chi connectivity index (χ3n) is 3.79. The second-order valence-corrected chi connectivity index (χ2v) is 5.68. The first kappa shape index (κ1) is 13.0. The SMILES string of the molecule is CCCC(C)NCC1(C)CCN(C)CC1. The first-order valence-corrected chi connectivity index (χ1v) is 6.48. The van der Waals surface area contributed by atoms with E-state index >= 15 is 0 Å². The third-order valence-corrected chi connectivity index (χ3v) is 3.79. The molecule has 2 heteroatoms. The van der Waals surface area contributed by atoms with Gasteiger partial charge in [0.05, 0.1) is 0 Å². The molecule has 1 fully saturated rings. The van der Waals surface area contributed by atoms with Gasteiger partial charge in [-0.2, -0.15) is 0 Å². The Labute approximate surface area is 95.4 Å². The number of nitrogens with one attached hydrogen (secondary N) is 1. The van der Waals surface area contributed by atoms with Crippen LogP contribution in [-0.2, 0) is 0 Å². The predicted molar refractivity (Wildman–Crippen MR) is 67.2 cm³/mol. The Morgan fingerprint density at radius 1 is 1.33 bits per heavy atom. The van der Waals surface area contributed by atoms with Crippen molar-refractivity contribution in [2.24, 2.45) is 5.41 Å². The number of rotatable bonds is 5. The lowest BCUT2D eigenvalue weighted by molar-refractivity contribution is 0.133. The molecule has 0 bridgehead atoms. The average Bonchev–Trinajstić information content (AvgIpc) is 2.21. The zero-order chi connectivity index (χ0) is 11.3. The summed E-state index contributed by atoms with van der Waals surface area (Å²) in [5.74, 6) is 0. The van der Waals surface area contributed by atoms with Crippen LogP contribution in [0.3, 0.4) is 0 Å². The third kappa shape index (κ3) is 4.52. The maximum Gasteiger partial charge on any atom is 0.00388 e. The topological polar surface area (TPSA) is 15.3 Å². The molecule has 0 aliphatic carbocycles. The Bertz CT molecular complexity index is 171. The van der Waals surface area contributed by atoms with E-state index in [-0.39, 0.29) is 0 Å². The molecule has 0 aromatic rings. The summed E-state index contributed by atoms with van der Waals surface area (Å²) in [6.07, 6.45) is 5.27. The largest absolute Gasteiger partial charge is 0.314 e. The first-order chi connectivity index (χ1) is 7.06. The van der Waals surface area contributed by atoms with Crippen LogP contribution in [-0.4, -0.2) is 37.6 Å². The number of likely N-dealkylation sites (tertiary alicyclic amines) is 1. The monoisotopic (exact) mass is 212 g/mol. The fourth-order valence-electron chi connectivity index (χ4n) is 2.29.